The summed E-state index contributed by atoms with van der Waals surface area (Å²) >= 11 is 0. The number of rotatable bonds is 6. The van der Waals surface area contributed by atoms with Gasteiger partial charge >= 0.3 is 0 Å². The molecule has 90 valence electrons. The standard InChI is InChI=1S/C11H20N4O/c1-8(2)16-11-7-13-6-10(15-11)14-9(3)4-5-12/h6-9H,4-5,12H2,1-3H3,(H,14,15). The maximum atomic E-state index is 5.48. The molecule has 0 bridgehead atoms. The van der Waals surface area contributed by atoms with Crippen molar-refractivity contribution in [1.29, 1.82) is 0 Å². The third-order valence-electron chi connectivity index (χ3n) is 1.96. The Kier molecular flexibility index (Phi) is 4.98. The number of nitrogens with two attached hydrogens (primary N) is 1. The van der Waals surface area contributed by atoms with Crippen LogP contribution in [-0.4, -0.2) is 28.7 Å². The molecule has 0 spiro atoms. The van der Waals surface area contributed by atoms with E-state index in [9.17, 15) is 0 Å². The van der Waals surface area contributed by atoms with E-state index in [1.54, 1.807) is 12.4 Å². The van der Waals surface area contributed by atoms with Crippen molar-refractivity contribution in [2.24, 2.45) is 5.73 Å². The van der Waals surface area contributed by atoms with Gasteiger partial charge in [0.2, 0.25) is 5.88 Å². The van der Waals surface area contributed by atoms with E-state index >= 15 is 0 Å². The average Bonchev–Trinajstić information content (AvgIpc) is 2.17. The molecule has 1 aromatic rings. The number of aromatic nitrogens is 2. The van der Waals surface area contributed by atoms with Gasteiger partial charge in [0.25, 0.3) is 0 Å². The summed E-state index contributed by atoms with van der Waals surface area (Å²) in [5.74, 6) is 1.26. The lowest BCUT2D eigenvalue weighted by Gasteiger charge is -2.14. The van der Waals surface area contributed by atoms with Crippen LogP contribution in [0.15, 0.2) is 12.4 Å². The van der Waals surface area contributed by atoms with E-state index in [1.165, 1.54) is 0 Å². The first-order valence-corrected chi connectivity index (χ1v) is 5.57. The number of nitrogens with one attached hydrogen (secondary N) is 1. The van der Waals surface area contributed by atoms with Crippen LogP contribution in [0, 0.1) is 0 Å². The summed E-state index contributed by atoms with van der Waals surface area (Å²) in [6.45, 7) is 6.63. The zero-order valence-electron chi connectivity index (χ0n) is 10.1. The average molecular weight is 224 g/mol. The van der Waals surface area contributed by atoms with Crippen molar-refractivity contribution in [1.82, 2.24) is 9.97 Å². The molecule has 3 N–H and O–H groups in total. The Morgan fingerprint density at radius 1 is 1.38 bits per heavy atom. The SMILES string of the molecule is CC(CCN)Nc1cncc(OC(C)C)n1. The minimum Gasteiger partial charge on any atom is -0.474 e. The smallest absolute Gasteiger partial charge is 0.234 e. The molecular formula is C11H20N4O. The van der Waals surface area contributed by atoms with Crippen molar-refractivity contribution in [3.8, 4) is 5.88 Å². The van der Waals surface area contributed by atoms with Gasteiger partial charge in [-0.2, -0.15) is 4.98 Å². The molecule has 0 amide bonds. The molecule has 5 heteroatoms. The number of anilines is 1. The predicted octanol–water partition coefficient (Wildman–Crippen LogP) is 1.41. The second-order valence-electron chi connectivity index (χ2n) is 4.03. The summed E-state index contributed by atoms with van der Waals surface area (Å²) in [6.07, 6.45) is 4.29. The summed E-state index contributed by atoms with van der Waals surface area (Å²) in [5.41, 5.74) is 5.48. The molecule has 1 atom stereocenters. The fraction of sp³-hybridized carbons (Fsp3) is 0.636. The van der Waals surface area contributed by atoms with Gasteiger partial charge in [-0.1, -0.05) is 0 Å². The third kappa shape index (κ3) is 4.44. The van der Waals surface area contributed by atoms with Crippen LogP contribution in [0.25, 0.3) is 0 Å². The maximum Gasteiger partial charge on any atom is 0.234 e. The maximum absolute atomic E-state index is 5.48. The van der Waals surface area contributed by atoms with E-state index in [4.69, 9.17) is 10.5 Å². The lowest BCUT2D eigenvalue weighted by molar-refractivity contribution is 0.232. The quantitative estimate of drug-likeness (QED) is 0.764. The molecule has 0 aliphatic heterocycles. The van der Waals surface area contributed by atoms with Gasteiger partial charge in [-0.05, 0) is 33.7 Å². The Morgan fingerprint density at radius 3 is 2.75 bits per heavy atom. The fourth-order valence-corrected chi connectivity index (χ4v) is 1.29. The number of ether oxygens (including phenoxy) is 1. The van der Waals surface area contributed by atoms with E-state index in [-0.39, 0.29) is 12.1 Å². The minimum absolute atomic E-state index is 0.103. The van der Waals surface area contributed by atoms with Crippen molar-refractivity contribution in [2.45, 2.75) is 39.3 Å². The van der Waals surface area contributed by atoms with Crippen molar-refractivity contribution in [3.63, 3.8) is 0 Å². The Hall–Kier alpha value is -1.36. The summed E-state index contributed by atoms with van der Waals surface area (Å²) in [5, 5.41) is 3.22. The molecule has 5 nitrogen and oxygen atoms in total. The topological polar surface area (TPSA) is 73.1 Å². The highest BCUT2D eigenvalue weighted by molar-refractivity contribution is 5.34. The lowest BCUT2D eigenvalue weighted by Crippen LogP contribution is -2.20. The van der Waals surface area contributed by atoms with Crippen molar-refractivity contribution >= 4 is 5.82 Å². The summed E-state index contributed by atoms with van der Waals surface area (Å²) in [7, 11) is 0. The normalized spacial score (nSPS) is 12.6. The van der Waals surface area contributed by atoms with Gasteiger partial charge in [0.05, 0.1) is 18.5 Å². The summed E-state index contributed by atoms with van der Waals surface area (Å²) in [4.78, 5) is 8.37. The Labute approximate surface area is 96.4 Å². The Morgan fingerprint density at radius 2 is 2.12 bits per heavy atom. The van der Waals surface area contributed by atoms with Crippen molar-refractivity contribution in [2.75, 3.05) is 11.9 Å². The molecular weight excluding hydrogens is 204 g/mol. The highest BCUT2D eigenvalue weighted by atomic mass is 16.5. The minimum atomic E-state index is 0.103. The van der Waals surface area contributed by atoms with E-state index in [0.29, 0.717) is 12.4 Å². The molecule has 0 aliphatic rings. The van der Waals surface area contributed by atoms with Gasteiger partial charge in [0, 0.05) is 6.04 Å². The van der Waals surface area contributed by atoms with Crippen LogP contribution in [0.5, 0.6) is 5.88 Å². The molecule has 1 rings (SSSR count). The van der Waals surface area contributed by atoms with E-state index in [1.807, 2.05) is 13.8 Å². The predicted molar refractivity (Wildman–Crippen MR) is 64.6 cm³/mol. The van der Waals surface area contributed by atoms with Crippen LogP contribution in [0.1, 0.15) is 27.2 Å². The molecule has 0 radical (unpaired) electrons. The molecule has 16 heavy (non-hydrogen) atoms. The van der Waals surface area contributed by atoms with Gasteiger partial charge in [0.1, 0.15) is 5.82 Å². The second-order valence-corrected chi connectivity index (χ2v) is 4.03. The zero-order chi connectivity index (χ0) is 12.0. The van der Waals surface area contributed by atoms with Crippen molar-refractivity contribution in [3.05, 3.63) is 12.4 Å². The van der Waals surface area contributed by atoms with E-state index in [0.717, 1.165) is 12.2 Å². The van der Waals surface area contributed by atoms with E-state index in [2.05, 4.69) is 22.2 Å². The molecule has 1 unspecified atom stereocenters. The first kappa shape index (κ1) is 12.7. The third-order valence-corrected chi connectivity index (χ3v) is 1.96. The van der Waals surface area contributed by atoms with Crippen LogP contribution < -0.4 is 15.8 Å². The van der Waals surface area contributed by atoms with Gasteiger partial charge in [-0.15, -0.1) is 0 Å². The van der Waals surface area contributed by atoms with Crippen LogP contribution >= 0.6 is 0 Å². The Bertz CT molecular complexity index is 317. The molecule has 0 aliphatic carbocycles. The number of hydrogen-bond acceptors (Lipinski definition) is 5. The molecule has 0 saturated heterocycles. The molecule has 0 saturated carbocycles. The van der Waals surface area contributed by atoms with Gasteiger partial charge in [-0.3, -0.25) is 4.98 Å². The summed E-state index contributed by atoms with van der Waals surface area (Å²) < 4.78 is 5.46. The second kappa shape index (κ2) is 6.27. The highest BCUT2D eigenvalue weighted by Crippen LogP contribution is 2.11. The Balaban J connectivity index is 2.59. The monoisotopic (exact) mass is 224 g/mol. The largest absolute Gasteiger partial charge is 0.474 e. The molecule has 0 aromatic carbocycles. The first-order valence-electron chi connectivity index (χ1n) is 5.57. The van der Waals surface area contributed by atoms with Gasteiger partial charge in [-0.25, -0.2) is 0 Å². The van der Waals surface area contributed by atoms with Crippen LogP contribution in [0.2, 0.25) is 0 Å². The fourth-order valence-electron chi connectivity index (χ4n) is 1.29. The highest BCUT2D eigenvalue weighted by Gasteiger charge is 2.04. The van der Waals surface area contributed by atoms with E-state index < -0.39 is 0 Å². The van der Waals surface area contributed by atoms with Crippen LogP contribution in [0.4, 0.5) is 5.82 Å². The molecule has 0 fully saturated rings. The van der Waals surface area contributed by atoms with Gasteiger partial charge in [0.15, 0.2) is 0 Å². The van der Waals surface area contributed by atoms with Crippen LogP contribution in [0.3, 0.4) is 0 Å². The summed E-state index contributed by atoms with van der Waals surface area (Å²) in [6, 6.07) is 0.286. The molecule has 1 aromatic heterocycles. The number of hydrogen-bond donors (Lipinski definition) is 2. The first-order chi connectivity index (χ1) is 7.61. The van der Waals surface area contributed by atoms with Gasteiger partial charge < -0.3 is 15.8 Å². The zero-order valence-corrected chi connectivity index (χ0v) is 10.1. The van der Waals surface area contributed by atoms with Crippen molar-refractivity contribution < 1.29 is 4.74 Å². The number of nitrogens with zero attached hydrogens (tertiary/aromatic N) is 2. The molecule has 1 heterocycles. The lowest BCUT2D eigenvalue weighted by atomic mass is 10.2. The van der Waals surface area contributed by atoms with Crippen LogP contribution in [-0.2, 0) is 0 Å².